The smallest absolute Gasteiger partial charge is 0.355 e. The molecule has 5 rings (SSSR count). The van der Waals surface area contributed by atoms with E-state index in [0.29, 0.717) is 42.9 Å². The highest BCUT2D eigenvalue weighted by atomic mass is 79.9. The molecule has 3 heterocycles. The second kappa shape index (κ2) is 10.4. The van der Waals surface area contributed by atoms with E-state index in [2.05, 4.69) is 47.1 Å². The number of hydrogen-bond acceptors (Lipinski definition) is 6. The molecule has 4 aromatic rings. The summed E-state index contributed by atoms with van der Waals surface area (Å²) in [7, 11) is -3.70. The Morgan fingerprint density at radius 3 is 2.26 bits per heavy atom. The number of pyridine rings is 2. The van der Waals surface area contributed by atoms with E-state index >= 15 is 0 Å². The van der Waals surface area contributed by atoms with Crippen LogP contribution < -0.4 is 10.2 Å². The molecule has 1 aliphatic heterocycles. The molecular formula is C25H20Br2F3N5O2S. The number of alkyl halides is 3. The van der Waals surface area contributed by atoms with Gasteiger partial charge in [0.1, 0.15) is 5.82 Å². The molecule has 2 aromatic carbocycles. The number of piperazine rings is 1. The Labute approximate surface area is 234 Å². The third-order valence-corrected chi connectivity index (χ3v) is 9.10. The molecule has 1 fully saturated rings. The minimum absolute atomic E-state index is 0.161. The van der Waals surface area contributed by atoms with Crippen LogP contribution in [-0.2, 0) is 16.2 Å². The number of aromatic nitrogens is 2. The zero-order chi connectivity index (χ0) is 27.1. The van der Waals surface area contributed by atoms with Crippen LogP contribution in [0, 0.1) is 0 Å². The second-order valence-electron chi connectivity index (χ2n) is 8.59. The summed E-state index contributed by atoms with van der Waals surface area (Å²) in [5, 5.41) is 3.66. The van der Waals surface area contributed by atoms with E-state index in [4.69, 9.17) is 0 Å². The molecular weight excluding hydrogens is 651 g/mol. The zero-order valence-electron chi connectivity index (χ0n) is 19.6. The lowest BCUT2D eigenvalue weighted by atomic mass is 10.1. The third kappa shape index (κ3) is 5.51. The van der Waals surface area contributed by atoms with Crippen molar-refractivity contribution in [2.24, 2.45) is 0 Å². The van der Waals surface area contributed by atoms with Crippen LogP contribution in [0.1, 0.15) is 5.56 Å². The minimum atomic E-state index is -4.46. The number of nitrogens with zero attached hydrogens (tertiary/aromatic N) is 4. The Balaban J connectivity index is 1.29. The van der Waals surface area contributed by atoms with Crippen LogP contribution >= 0.6 is 31.9 Å². The number of halogens is 5. The van der Waals surface area contributed by atoms with E-state index in [1.54, 1.807) is 24.4 Å². The Hall–Kier alpha value is -2.74. The Morgan fingerprint density at radius 2 is 1.61 bits per heavy atom. The molecule has 1 N–H and O–H groups in total. The van der Waals surface area contributed by atoms with Crippen molar-refractivity contribution in [2.45, 2.75) is 11.1 Å². The Kier molecular flexibility index (Phi) is 7.37. The van der Waals surface area contributed by atoms with E-state index < -0.39 is 21.8 Å². The van der Waals surface area contributed by atoms with E-state index in [1.807, 2.05) is 11.0 Å². The summed E-state index contributed by atoms with van der Waals surface area (Å²) in [6.07, 6.45) is -1.33. The van der Waals surface area contributed by atoms with Gasteiger partial charge in [0.15, 0.2) is 0 Å². The first-order valence-electron chi connectivity index (χ1n) is 11.4. The molecule has 1 aliphatic rings. The van der Waals surface area contributed by atoms with Crippen molar-refractivity contribution in [2.75, 3.05) is 36.4 Å². The molecule has 2 aromatic heterocycles. The number of fused-ring (bicyclic) bond motifs is 1. The summed E-state index contributed by atoms with van der Waals surface area (Å²) in [5.41, 5.74) is 0.579. The molecule has 0 bridgehead atoms. The van der Waals surface area contributed by atoms with Crippen molar-refractivity contribution in [1.82, 2.24) is 14.3 Å². The fourth-order valence-corrected chi connectivity index (χ4v) is 6.89. The van der Waals surface area contributed by atoms with Crippen molar-refractivity contribution >= 4 is 70.0 Å². The number of hydrogen-bond donors (Lipinski definition) is 1. The van der Waals surface area contributed by atoms with E-state index in [9.17, 15) is 21.6 Å². The number of sulfonamides is 1. The average Bonchev–Trinajstić information content (AvgIpc) is 2.88. The van der Waals surface area contributed by atoms with E-state index in [0.717, 1.165) is 26.9 Å². The van der Waals surface area contributed by atoms with Crippen molar-refractivity contribution < 1.29 is 21.6 Å². The van der Waals surface area contributed by atoms with Crippen LogP contribution in [0.25, 0.3) is 10.9 Å². The molecule has 0 unspecified atom stereocenters. The highest BCUT2D eigenvalue weighted by Gasteiger charge is 2.31. The van der Waals surface area contributed by atoms with Crippen molar-refractivity contribution in [1.29, 1.82) is 0 Å². The summed E-state index contributed by atoms with van der Waals surface area (Å²) >= 11 is 6.89. The predicted octanol–water partition coefficient (Wildman–Crippen LogP) is 6.43. The number of benzene rings is 2. The van der Waals surface area contributed by atoms with Crippen LogP contribution in [-0.4, -0.2) is 48.9 Å². The van der Waals surface area contributed by atoms with Crippen molar-refractivity contribution in [3.05, 3.63) is 81.5 Å². The first kappa shape index (κ1) is 26.9. The van der Waals surface area contributed by atoms with Gasteiger partial charge in [0.2, 0.25) is 10.0 Å². The fourth-order valence-electron chi connectivity index (χ4n) is 4.23. The summed E-state index contributed by atoms with van der Waals surface area (Å²) in [6, 6.07) is 13.2. The van der Waals surface area contributed by atoms with Gasteiger partial charge < -0.3 is 10.2 Å². The minimum Gasteiger partial charge on any atom is -0.355 e. The third-order valence-electron chi connectivity index (χ3n) is 6.17. The lowest BCUT2D eigenvalue weighted by Crippen LogP contribution is -2.49. The summed E-state index contributed by atoms with van der Waals surface area (Å²) in [4.78, 5) is 10.7. The average molecular weight is 671 g/mol. The monoisotopic (exact) mass is 669 g/mol. The van der Waals surface area contributed by atoms with E-state index in [-0.39, 0.29) is 10.4 Å². The molecule has 1 saturated heterocycles. The van der Waals surface area contributed by atoms with Gasteiger partial charge >= 0.3 is 6.18 Å². The molecule has 198 valence electrons. The number of rotatable bonds is 5. The first-order valence-corrected chi connectivity index (χ1v) is 14.4. The van der Waals surface area contributed by atoms with Crippen LogP contribution in [0.3, 0.4) is 0 Å². The molecule has 0 spiro atoms. The maximum Gasteiger partial charge on any atom is 0.416 e. The molecule has 13 heteroatoms. The highest BCUT2D eigenvalue weighted by Crippen LogP contribution is 2.34. The Bertz CT molecular complexity index is 1590. The van der Waals surface area contributed by atoms with Gasteiger partial charge in [-0.25, -0.2) is 13.4 Å². The predicted molar refractivity (Wildman–Crippen MR) is 147 cm³/mol. The van der Waals surface area contributed by atoms with Gasteiger partial charge in [-0.2, -0.15) is 17.5 Å². The fraction of sp³-hybridized carbons (Fsp3) is 0.200. The highest BCUT2D eigenvalue weighted by molar-refractivity contribution is 9.11. The molecule has 0 atom stereocenters. The zero-order valence-corrected chi connectivity index (χ0v) is 23.6. The van der Waals surface area contributed by atoms with Gasteiger partial charge in [-0.3, -0.25) is 4.98 Å². The second-order valence-corrected chi connectivity index (χ2v) is 12.3. The van der Waals surface area contributed by atoms with Gasteiger partial charge in [0, 0.05) is 59.8 Å². The molecule has 0 saturated carbocycles. The maximum absolute atomic E-state index is 13.3. The van der Waals surface area contributed by atoms with Gasteiger partial charge in [-0.1, -0.05) is 6.07 Å². The topological polar surface area (TPSA) is 78.4 Å². The quantitative estimate of drug-likeness (QED) is 0.264. The van der Waals surface area contributed by atoms with Crippen molar-refractivity contribution in [3.8, 4) is 0 Å². The molecule has 0 radical (unpaired) electrons. The normalized spacial score (nSPS) is 15.1. The summed E-state index contributed by atoms with van der Waals surface area (Å²) < 4.78 is 68.8. The SMILES string of the molecule is O=S(=O)(c1ccc(Nc2ccnc3cc(C(F)(F)F)ccc23)cc1)N1CCN(c2ncc(Br)cc2Br)CC1. The van der Waals surface area contributed by atoms with Gasteiger partial charge in [-0.05, 0) is 80.4 Å². The lowest BCUT2D eigenvalue weighted by Gasteiger charge is -2.35. The molecule has 0 aliphatic carbocycles. The van der Waals surface area contributed by atoms with Gasteiger partial charge in [-0.15, -0.1) is 0 Å². The van der Waals surface area contributed by atoms with Crippen LogP contribution in [0.5, 0.6) is 0 Å². The standard InChI is InChI=1S/C25H20Br2F3N5O2S/c26-17-14-21(27)24(32-15-17)34-9-11-35(12-10-34)38(36,37)19-4-2-18(3-5-19)33-22-7-8-31-23-13-16(25(28,29)30)1-6-20(22)23/h1-8,13-15H,9-12H2,(H,31,33). The van der Waals surface area contributed by atoms with E-state index in [1.165, 1.54) is 28.7 Å². The van der Waals surface area contributed by atoms with Crippen LogP contribution in [0.15, 0.2) is 80.8 Å². The lowest BCUT2D eigenvalue weighted by molar-refractivity contribution is -0.137. The number of nitrogens with one attached hydrogen (secondary N) is 1. The maximum atomic E-state index is 13.3. The summed E-state index contributed by atoms with van der Waals surface area (Å²) in [5.74, 6) is 0.763. The van der Waals surface area contributed by atoms with Crippen LogP contribution in [0.4, 0.5) is 30.4 Å². The molecule has 0 amide bonds. The van der Waals surface area contributed by atoms with Crippen LogP contribution in [0.2, 0.25) is 0 Å². The Morgan fingerprint density at radius 1 is 0.895 bits per heavy atom. The van der Waals surface area contributed by atoms with Gasteiger partial charge in [0.25, 0.3) is 0 Å². The first-order chi connectivity index (χ1) is 18.0. The van der Waals surface area contributed by atoms with Gasteiger partial charge in [0.05, 0.1) is 20.4 Å². The number of anilines is 3. The molecule has 38 heavy (non-hydrogen) atoms. The largest absolute Gasteiger partial charge is 0.416 e. The molecule has 7 nitrogen and oxygen atoms in total. The van der Waals surface area contributed by atoms with Crippen molar-refractivity contribution in [3.63, 3.8) is 0 Å². The summed E-state index contributed by atoms with van der Waals surface area (Å²) in [6.45, 7) is 1.62.